The van der Waals surface area contributed by atoms with Crippen molar-refractivity contribution in [3.05, 3.63) is 35.7 Å². The van der Waals surface area contributed by atoms with Crippen LogP contribution in [0.25, 0.3) is 0 Å². The largest absolute Gasteiger partial charge is 0.493 e. The number of carboxylic acids is 1. The number of sulfonamides is 1. The number of carboxylic acid groups (broad SMARTS) is 1. The van der Waals surface area contributed by atoms with Gasteiger partial charge in [0.25, 0.3) is 5.91 Å². The molecule has 2 aliphatic rings. The first-order valence-corrected chi connectivity index (χ1v) is 14.2. The zero-order valence-electron chi connectivity index (χ0n) is 21.5. The van der Waals surface area contributed by atoms with Crippen LogP contribution in [0.15, 0.2) is 29.3 Å². The van der Waals surface area contributed by atoms with Crippen LogP contribution in [-0.2, 0) is 21.9 Å². The SMILES string of the molecule is CCCN1c2cn(C)nc2C(=O)NC1c1cc(S(=O)(=O)N2CCC(CCC(=O)O)CC2)ccc1OCC. The minimum Gasteiger partial charge on any atom is -0.493 e. The quantitative estimate of drug-likeness (QED) is 0.476. The summed E-state index contributed by atoms with van der Waals surface area (Å²) in [4.78, 5) is 26.0. The first-order chi connectivity index (χ1) is 17.6. The smallest absolute Gasteiger partial charge is 0.303 e. The van der Waals surface area contributed by atoms with Gasteiger partial charge in [-0.05, 0) is 56.7 Å². The van der Waals surface area contributed by atoms with Crippen molar-refractivity contribution in [2.75, 3.05) is 31.1 Å². The second-order valence-electron chi connectivity index (χ2n) is 9.52. The topological polar surface area (TPSA) is 134 Å². The maximum atomic E-state index is 13.6. The number of piperidine rings is 1. The van der Waals surface area contributed by atoms with Crippen LogP contribution in [0.4, 0.5) is 5.69 Å². The van der Waals surface area contributed by atoms with Crippen LogP contribution < -0.4 is 15.0 Å². The fraction of sp³-hybridized carbons (Fsp3) is 0.560. The highest BCUT2D eigenvalue weighted by Crippen LogP contribution is 2.38. The lowest BCUT2D eigenvalue weighted by atomic mass is 9.93. The van der Waals surface area contributed by atoms with Gasteiger partial charge < -0.3 is 20.1 Å². The summed E-state index contributed by atoms with van der Waals surface area (Å²) in [5.41, 5.74) is 1.59. The third-order valence-electron chi connectivity index (χ3n) is 6.93. The van der Waals surface area contributed by atoms with Gasteiger partial charge in [0.05, 0.1) is 17.2 Å². The van der Waals surface area contributed by atoms with Crippen molar-refractivity contribution in [2.45, 2.75) is 57.0 Å². The lowest BCUT2D eigenvalue weighted by molar-refractivity contribution is -0.137. The third kappa shape index (κ3) is 5.59. The molecule has 2 aliphatic heterocycles. The number of amides is 1. The maximum Gasteiger partial charge on any atom is 0.303 e. The van der Waals surface area contributed by atoms with Gasteiger partial charge in [-0.1, -0.05) is 6.92 Å². The molecule has 2 N–H and O–H groups in total. The molecule has 0 bridgehead atoms. The average Bonchev–Trinajstić information content (AvgIpc) is 3.27. The molecule has 0 radical (unpaired) electrons. The Morgan fingerprint density at radius 3 is 2.62 bits per heavy atom. The maximum absolute atomic E-state index is 13.6. The minimum atomic E-state index is -3.80. The Bertz CT molecular complexity index is 1250. The number of aliphatic carboxylic acids is 1. The number of anilines is 1. The van der Waals surface area contributed by atoms with Crippen molar-refractivity contribution in [3.8, 4) is 5.75 Å². The second kappa shape index (κ2) is 11.1. The normalized spacial score (nSPS) is 18.9. The molecule has 4 rings (SSSR count). The number of nitrogens with zero attached hydrogens (tertiary/aromatic N) is 4. The third-order valence-corrected chi connectivity index (χ3v) is 8.83. The van der Waals surface area contributed by atoms with Crippen molar-refractivity contribution >= 4 is 27.6 Å². The van der Waals surface area contributed by atoms with Gasteiger partial charge in [-0.15, -0.1) is 0 Å². The summed E-state index contributed by atoms with van der Waals surface area (Å²) in [5, 5.41) is 16.2. The molecule has 3 heterocycles. The molecule has 1 atom stereocenters. The van der Waals surface area contributed by atoms with Gasteiger partial charge in [0.1, 0.15) is 11.9 Å². The number of rotatable bonds is 10. The van der Waals surface area contributed by atoms with E-state index < -0.39 is 22.2 Å². The number of carbonyl (C=O) groups excluding carboxylic acids is 1. The van der Waals surface area contributed by atoms with E-state index in [0.717, 1.165) is 6.42 Å². The Balaban J connectivity index is 1.65. The standard InChI is InChI=1S/C25H35N5O6S/c1-4-12-30-20-16-28(3)27-23(20)25(33)26-24(30)19-15-18(7-8-21(19)36-5-2)37(34,35)29-13-10-17(11-14-29)6-9-22(31)32/h7-8,15-17,24H,4-6,9-14H2,1-3H3,(H,26,33)(H,31,32). The molecule has 0 saturated carbocycles. The van der Waals surface area contributed by atoms with Gasteiger partial charge in [0.15, 0.2) is 5.69 Å². The number of aryl methyl sites for hydroxylation is 1. The van der Waals surface area contributed by atoms with E-state index in [1.807, 2.05) is 18.7 Å². The van der Waals surface area contributed by atoms with Gasteiger partial charge in [-0.3, -0.25) is 14.3 Å². The molecule has 1 saturated heterocycles. The molecule has 1 fully saturated rings. The van der Waals surface area contributed by atoms with E-state index in [1.54, 1.807) is 36.1 Å². The predicted octanol–water partition coefficient (Wildman–Crippen LogP) is 2.74. The Morgan fingerprint density at radius 1 is 1.24 bits per heavy atom. The summed E-state index contributed by atoms with van der Waals surface area (Å²) in [6.07, 6.45) is 3.89. The van der Waals surface area contributed by atoms with Crippen molar-refractivity contribution in [1.82, 2.24) is 19.4 Å². The molecule has 11 nitrogen and oxygen atoms in total. The lowest BCUT2D eigenvalue weighted by Crippen LogP contribution is -2.47. The number of ether oxygens (including phenoxy) is 1. The number of carbonyl (C=O) groups is 2. The summed E-state index contributed by atoms with van der Waals surface area (Å²) >= 11 is 0. The van der Waals surface area contributed by atoms with Crippen LogP contribution in [-0.4, -0.2) is 65.7 Å². The Hall–Kier alpha value is -3.12. The van der Waals surface area contributed by atoms with Crippen LogP contribution in [0.3, 0.4) is 0 Å². The Morgan fingerprint density at radius 2 is 1.97 bits per heavy atom. The second-order valence-corrected chi connectivity index (χ2v) is 11.5. The molecule has 1 aromatic heterocycles. The first-order valence-electron chi connectivity index (χ1n) is 12.8. The van der Waals surface area contributed by atoms with Gasteiger partial charge >= 0.3 is 5.97 Å². The Kier molecular flexibility index (Phi) is 8.08. The van der Waals surface area contributed by atoms with Gasteiger partial charge in [-0.25, -0.2) is 8.42 Å². The van der Waals surface area contributed by atoms with Crippen LogP contribution in [0.2, 0.25) is 0 Å². The van der Waals surface area contributed by atoms with Crippen LogP contribution in [0, 0.1) is 5.92 Å². The molecular weight excluding hydrogens is 498 g/mol. The fourth-order valence-corrected chi connectivity index (χ4v) is 6.60. The molecule has 0 spiro atoms. The zero-order chi connectivity index (χ0) is 26.7. The lowest BCUT2D eigenvalue weighted by Gasteiger charge is -2.38. The van der Waals surface area contributed by atoms with Crippen LogP contribution >= 0.6 is 0 Å². The molecule has 202 valence electrons. The number of aromatic nitrogens is 2. The predicted molar refractivity (Wildman–Crippen MR) is 137 cm³/mol. The monoisotopic (exact) mass is 533 g/mol. The van der Waals surface area contributed by atoms with Crippen LogP contribution in [0.1, 0.15) is 68.2 Å². The molecule has 1 unspecified atom stereocenters. The number of hydrogen-bond donors (Lipinski definition) is 2. The highest BCUT2D eigenvalue weighted by Gasteiger charge is 2.37. The molecule has 1 amide bonds. The Labute approximate surface area is 217 Å². The molecule has 2 aromatic rings. The number of nitrogens with one attached hydrogen (secondary N) is 1. The summed E-state index contributed by atoms with van der Waals surface area (Å²) in [6, 6.07) is 4.80. The number of hydrogen-bond acceptors (Lipinski definition) is 7. The van der Waals surface area contributed by atoms with Crippen LogP contribution in [0.5, 0.6) is 5.75 Å². The summed E-state index contributed by atoms with van der Waals surface area (Å²) in [6.45, 7) is 5.58. The van der Waals surface area contributed by atoms with Gasteiger partial charge in [0, 0.05) is 44.9 Å². The van der Waals surface area contributed by atoms with E-state index in [4.69, 9.17) is 9.84 Å². The zero-order valence-corrected chi connectivity index (χ0v) is 22.3. The minimum absolute atomic E-state index is 0.0969. The fourth-order valence-electron chi connectivity index (χ4n) is 5.10. The van der Waals surface area contributed by atoms with Crippen molar-refractivity contribution in [3.63, 3.8) is 0 Å². The van der Waals surface area contributed by atoms with E-state index in [2.05, 4.69) is 10.4 Å². The van der Waals surface area contributed by atoms with E-state index >= 15 is 0 Å². The highest BCUT2D eigenvalue weighted by atomic mass is 32.2. The van der Waals surface area contributed by atoms with Gasteiger partial charge in [-0.2, -0.15) is 9.40 Å². The van der Waals surface area contributed by atoms with E-state index in [1.165, 1.54) is 4.31 Å². The molecular formula is C25H35N5O6S. The van der Waals surface area contributed by atoms with Crippen molar-refractivity contribution in [2.24, 2.45) is 13.0 Å². The number of benzene rings is 1. The van der Waals surface area contributed by atoms with E-state index in [9.17, 15) is 18.0 Å². The molecule has 1 aromatic carbocycles. The summed E-state index contributed by atoms with van der Waals surface area (Å²) < 4.78 is 36.2. The molecule has 0 aliphatic carbocycles. The molecule has 37 heavy (non-hydrogen) atoms. The van der Waals surface area contributed by atoms with Gasteiger partial charge in [0.2, 0.25) is 10.0 Å². The molecule has 12 heteroatoms. The number of fused-ring (bicyclic) bond motifs is 1. The van der Waals surface area contributed by atoms with Crippen molar-refractivity contribution < 1.29 is 27.9 Å². The van der Waals surface area contributed by atoms with E-state index in [0.29, 0.717) is 68.2 Å². The summed E-state index contributed by atoms with van der Waals surface area (Å²) in [7, 11) is -2.04. The van der Waals surface area contributed by atoms with Crippen molar-refractivity contribution in [1.29, 1.82) is 0 Å². The summed E-state index contributed by atoms with van der Waals surface area (Å²) in [5.74, 6) is -0.450. The first kappa shape index (κ1) is 26.9. The highest BCUT2D eigenvalue weighted by molar-refractivity contribution is 7.89. The average molecular weight is 534 g/mol. The van der Waals surface area contributed by atoms with E-state index in [-0.39, 0.29) is 23.1 Å².